The molecule has 0 aliphatic carbocycles. The van der Waals surface area contributed by atoms with Crippen molar-refractivity contribution in [1.82, 2.24) is 4.90 Å². The normalized spacial score (nSPS) is 14.9. The molecule has 1 aromatic heterocycles. The van der Waals surface area contributed by atoms with E-state index in [2.05, 4.69) is 0 Å². The molecular formula is C23H18N2O6S. The summed E-state index contributed by atoms with van der Waals surface area (Å²) in [4.78, 5) is 37.1. The molecule has 0 N–H and O–H groups in total. The molecule has 4 rings (SSSR count). The number of furan rings is 1. The number of amides is 2. The highest BCUT2D eigenvalue weighted by Crippen LogP contribution is 2.37. The van der Waals surface area contributed by atoms with E-state index in [1.165, 1.54) is 36.3 Å². The van der Waals surface area contributed by atoms with Gasteiger partial charge in [0.2, 0.25) is 0 Å². The van der Waals surface area contributed by atoms with E-state index >= 15 is 0 Å². The molecule has 0 spiro atoms. The van der Waals surface area contributed by atoms with Gasteiger partial charge in [0, 0.05) is 12.1 Å². The number of thioether (sulfide) groups is 1. The SMILES string of the molecule is COc1cc([N+](=O)[O-])ccc1-c1ccc(/C=C2/SC(=O)N(Cc3ccc(C)cc3)C2=O)o1. The number of benzene rings is 2. The van der Waals surface area contributed by atoms with Gasteiger partial charge in [-0.3, -0.25) is 24.6 Å². The molecule has 32 heavy (non-hydrogen) atoms. The van der Waals surface area contributed by atoms with Crippen molar-refractivity contribution in [3.8, 4) is 17.1 Å². The minimum Gasteiger partial charge on any atom is -0.496 e. The molecule has 0 unspecified atom stereocenters. The second-order valence-electron chi connectivity index (χ2n) is 7.10. The van der Waals surface area contributed by atoms with Crippen molar-refractivity contribution in [3.05, 3.63) is 86.5 Å². The maximum absolute atomic E-state index is 12.8. The molecule has 8 nitrogen and oxygen atoms in total. The van der Waals surface area contributed by atoms with Crippen LogP contribution in [0.15, 0.2) is 63.9 Å². The Balaban J connectivity index is 1.55. The molecule has 9 heteroatoms. The Bertz CT molecular complexity index is 1250. The van der Waals surface area contributed by atoms with Crippen molar-refractivity contribution in [2.24, 2.45) is 0 Å². The van der Waals surface area contributed by atoms with Crippen LogP contribution in [-0.4, -0.2) is 28.1 Å². The van der Waals surface area contributed by atoms with Crippen LogP contribution in [0.25, 0.3) is 17.4 Å². The summed E-state index contributed by atoms with van der Waals surface area (Å²) < 4.78 is 11.1. The third-order valence-corrected chi connectivity index (χ3v) is 5.80. The largest absolute Gasteiger partial charge is 0.496 e. The second-order valence-corrected chi connectivity index (χ2v) is 8.09. The highest BCUT2D eigenvalue weighted by atomic mass is 32.2. The molecular weight excluding hydrogens is 432 g/mol. The Hall–Kier alpha value is -3.85. The molecule has 1 fully saturated rings. The van der Waals surface area contributed by atoms with Gasteiger partial charge in [0.05, 0.1) is 35.1 Å². The van der Waals surface area contributed by atoms with Crippen LogP contribution >= 0.6 is 11.8 Å². The summed E-state index contributed by atoms with van der Waals surface area (Å²) >= 11 is 0.856. The summed E-state index contributed by atoms with van der Waals surface area (Å²) in [6.45, 7) is 2.17. The Labute approximate surface area is 187 Å². The number of methoxy groups -OCH3 is 1. The first-order valence-electron chi connectivity index (χ1n) is 9.59. The zero-order chi connectivity index (χ0) is 22.8. The van der Waals surface area contributed by atoms with E-state index in [1.807, 2.05) is 31.2 Å². The van der Waals surface area contributed by atoms with Crippen LogP contribution < -0.4 is 4.74 Å². The second kappa shape index (κ2) is 8.72. The van der Waals surface area contributed by atoms with Gasteiger partial charge in [0.25, 0.3) is 16.8 Å². The number of carbonyl (C=O) groups excluding carboxylic acids is 2. The number of hydrogen-bond donors (Lipinski definition) is 0. The lowest BCUT2D eigenvalue weighted by Gasteiger charge is -2.12. The number of nitrogens with zero attached hydrogens (tertiary/aromatic N) is 2. The lowest BCUT2D eigenvalue weighted by Crippen LogP contribution is -2.27. The average Bonchev–Trinajstić information content (AvgIpc) is 3.34. The standard InChI is InChI=1S/C23H18N2O6S/c1-14-3-5-15(6-4-14)13-24-22(26)21(32-23(24)27)12-17-8-10-19(31-17)18-9-7-16(25(28)29)11-20(18)30-2/h3-12H,13H2,1-2H3/b21-12+. The summed E-state index contributed by atoms with van der Waals surface area (Å²) in [5, 5.41) is 10.6. The van der Waals surface area contributed by atoms with Crippen molar-refractivity contribution in [3.63, 3.8) is 0 Å². The molecule has 1 aliphatic heterocycles. The number of imide groups is 1. The van der Waals surface area contributed by atoms with Gasteiger partial charge in [0.15, 0.2) is 0 Å². The molecule has 3 aromatic rings. The van der Waals surface area contributed by atoms with Crippen molar-refractivity contribution in [2.45, 2.75) is 13.5 Å². The van der Waals surface area contributed by atoms with Crippen molar-refractivity contribution in [1.29, 1.82) is 0 Å². The fourth-order valence-corrected chi connectivity index (χ4v) is 4.03. The van der Waals surface area contributed by atoms with Crippen molar-refractivity contribution in [2.75, 3.05) is 7.11 Å². The molecule has 0 saturated carbocycles. The van der Waals surface area contributed by atoms with Gasteiger partial charge >= 0.3 is 0 Å². The van der Waals surface area contributed by atoms with E-state index in [0.29, 0.717) is 22.8 Å². The Morgan fingerprint density at radius 1 is 1.12 bits per heavy atom. The monoisotopic (exact) mass is 450 g/mol. The quantitative estimate of drug-likeness (QED) is 0.281. The van der Waals surface area contributed by atoms with E-state index in [1.54, 1.807) is 12.1 Å². The van der Waals surface area contributed by atoms with Gasteiger partial charge in [-0.2, -0.15) is 0 Å². The van der Waals surface area contributed by atoms with Gasteiger partial charge in [-0.1, -0.05) is 29.8 Å². The minimum absolute atomic E-state index is 0.0976. The van der Waals surface area contributed by atoms with Gasteiger partial charge in [-0.25, -0.2) is 0 Å². The van der Waals surface area contributed by atoms with Gasteiger partial charge in [-0.15, -0.1) is 0 Å². The third-order valence-electron chi connectivity index (χ3n) is 4.90. The first-order chi connectivity index (χ1) is 15.4. The zero-order valence-electron chi connectivity index (χ0n) is 17.2. The molecule has 1 aliphatic rings. The third kappa shape index (κ3) is 4.28. The first-order valence-corrected chi connectivity index (χ1v) is 10.4. The van der Waals surface area contributed by atoms with Crippen molar-refractivity contribution >= 4 is 34.7 Å². The Morgan fingerprint density at radius 2 is 1.88 bits per heavy atom. The molecule has 0 atom stereocenters. The summed E-state index contributed by atoms with van der Waals surface area (Å²) in [5.41, 5.74) is 2.40. The zero-order valence-corrected chi connectivity index (χ0v) is 18.0. The fraction of sp³-hybridized carbons (Fsp3) is 0.130. The van der Waals surface area contributed by atoms with E-state index in [-0.39, 0.29) is 28.3 Å². The summed E-state index contributed by atoms with van der Waals surface area (Å²) in [6, 6.07) is 15.2. The predicted octanol–water partition coefficient (Wildman–Crippen LogP) is 5.41. The molecule has 1 saturated heterocycles. The first kappa shape index (κ1) is 21.4. The number of aryl methyl sites for hydroxylation is 1. The highest BCUT2D eigenvalue weighted by molar-refractivity contribution is 8.18. The fourth-order valence-electron chi connectivity index (χ4n) is 3.21. The predicted molar refractivity (Wildman–Crippen MR) is 120 cm³/mol. The van der Waals surface area contributed by atoms with Crippen LogP contribution in [-0.2, 0) is 11.3 Å². The lowest BCUT2D eigenvalue weighted by atomic mass is 10.1. The van der Waals surface area contributed by atoms with Gasteiger partial charge in [-0.05, 0) is 42.4 Å². The van der Waals surface area contributed by atoms with Gasteiger partial charge in [0.1, 0.15) is 17.3 Å². The van der Waals surface area contributed by atoms with E-state index in [0.717, 1.165) is 22.9 Å². The minimum atomic E-state index is -0.507. The molecule has 162 valence electrons. The number of nitro groups is 1. The molecule has 2 amide bonds. The van der Waals surface area contributed by atoms with Crippen LogP contribution in [0, 0.1) is 17.0 Å². The number of ether oxygens (including phenoxy) is 1. The van der Waals surface area contributed by atoms with E-state index in [4.69, 9.17) is 9.15 Å². The summed E-state index contributed by atoms with van der Waals surface area (Å²) in [6.07, 6.45) is 1.52. The Kier molecular flexibility index (Phi) is 5.83. The molecule has 0 bridgehead atoms. The number of nitro benzene ring substituents is 1. The molecule has 0 radical (unpaired) electrons. The van der Waals surface area contributed by atoms with Crippen LogP contribution in [0.4, 0.5) is 10.5 Å². The molecule has 2 aromatic carbocycles. The highest BCUT2D eigenvalue weighted by Gasteiger charge is 2.35. The number of rotatable bonds is 6. The van der Waals surface area contributed by atoms with Crippen LogP contribution in [0.5, 0.6) is 5.75 Å². The number of non-ortho nitro benzene ring substituents is 1. The maximum Gasteiger partial charge on any atom is 0.293 e. The van der Waals surface area contributed by atoms with E-state index in [9.17, 15) is 19.7 Å². The smallest absolute Gasteiger partial charge is 0.293 e. The number of carbonyl (C=O) groups is 2. The van der Waals surface area contributed by atoms with Crippen LogP contribution in [0.3, 0.4) is 0 Å². The summed E-state index contributed by atoms with van der Waals surface area (Å²) in [7, 11) is 1.41. The van der Waals surface area contributed by atoms with Crippen LogP contribution in [0.1, 0.15) is 16.9 Å². The lowest BCUT2D eigenvalue weighted by molar-refractivity contribution is -0.384. The van der Waals surface area contributed by atoms with Crippen LogP contribution in [0.2, 0.25) is 0 Å². The topological polar surface area (TPSA) is 103 Å². The summed E-state index contributed by atoms with van der Waals surface area (Å²) in [5.74, 6) is 0.702. The molecule has 2 heterocycles. The number of hydrogen-bond acceptors (Lipinski definition) is 7. The average molecular weight is 450 g/mol. The van der Waals surface area contributed by atoms with Gasteiger partial charge < -0.3 is 9.15 Å². The maximum atomic E-state index is 12.8. The van der Waals surface area contributed by atoms with E-state index < -0.39 is 4.92 Å². The van der Waals surface area contributed by atoms with Crippen molar-refractivity contribution < 1.29 is 23.7 Å². The Morgan fingerprint density at radius 3 is 2.56 bits per heavy atom.